The van der Waals surface area contributed by atoms with Crippen molar-refractivity contribution in [2.24, 2.45) is 0 Å². The van der Waals surface area contributed by atoms with Gasteiger partial charge in [0.25, 0.3) is 0 Å². The van der Waals surface area contributed by atoms with E-state index in [9.17, 15) is 4.79 Å². The van der Waals surface area contributed by atoms with E-state index in [0.717, 1.165) is 16.0 Å². The molecule has 0 atom stereocenters. The second-order valence-electron chi connectivity index (χ2n) is 4.59. The molecule has 0 aliphatic heterocycles. The topological polar surface area (TPSA) is 54.0 Å². The zero-order chi connectivity index (χ0) is 14.1. The first-order valence-electron chi connectivity index (χ1n) is 6.17. The maximum Gasteiger partial charge on any atom is 0.193 e. The third-order valence-electron chi connectivity index (χ3n) is 3.08. The lowest BCUT2D eigenvalue weighted by Gasteiger charge is -2.06. The molecule has 3 rings (SSSR count). The van der Waals surface area contributed by atoms with E-state index in [1.54, 1.807) is 6.07 Å². The van der Waals surface area contributed by atoms with Crippen molar-refractivity contribution in [3.05, 3.63) is 57.1 Å². The lowest BCUT2D eigenvalue weighted by molar-refractivity contribution is 0.616. The van der Waals surface area contributed by atoms with Crippen LogP contribution in [0.15, 0.2) is 44.9 Å². The Kier molecular flexibility index (Phi) is 3.13. The van der Waals surface area contributed by atoms with Crippen molar-refractivity contribution in [3.8, 4) is 16.7 Å². The number of thiophene rings is 1. The van der Waals surface area contributed by atoms with Gasteiger partial charge in [0.15, 0.2) is 5.43 Å². The normalized spacial score (nSPS) is 10.6. The molecular formula is C16H11NO2S. The fraction of sp³-hybridized carbons (Fsp3) is 0.125. The summed E-state index contributed by atoms with van der Waals surface area (Å²) in [5.74, 6) is 0.556. The first-order chi connectivity index (χ1) is 9.69. The third-order valence-corrected chi connectivity index (χ3v) is 3.97. The summed E-state index contributed by atoms with van der Waals surface area (Å²) in [5, 5.41) is 11.4. The van der Waals surface area contributed by atoms with Crippen molar-refractivity contribution >= 4 is 22.3 Å². The predicted octanol–water partition coefficient (Wildman–Crippen LogP) is 3.90. The predicted molar refractivity (Wildman–Crippen MR) is 79.9 cm³/mol. The zero-order valence-corrected chi connectivity index (χ0v) is 11.7. The first-order valence-corrected chi connectivity index (χ1v) is 7.05. The van der Waals surface area contributed by atoms with Gasteiger partial charge in [-0.15, -0.1) is 11.3 Å². The largest absolute Gasteiger partial charge is 0.455 e. The molecule has 0 N–H and O–H groups in total. The van der Waals surface area contributed by atoms with Crippen LogP contribution in [0.25, 0.3) is 21.6 Å². The van der Waals surface area contributed by atoms with E-state index in [0.29, 0.717) is 16.7 Å². The maximum absolute atomic E-state index is 12.3. The number of hydrogen-bond acceptors (Lipinski definition) is 4. The molecule has 98 valence electrons. The Bertz CT molecular complexity index is 870. The van der Waals surface area contributed by atoms with Crippen molar-refractivity contribution in [1.82, 2.24) is 0 Å². The van der Waals surface area contributed by atoms with Gasteiger partial charge < -0.3 is 4.42 Å². The van der Waals surface area contributed by atoms with Gasteiger partial charge in [-0.25, -0.2) is 0 Å². The smallest absolute Gasteiger partial charge is 0.193 e. The van der Waals surface area contributed by atoms with E-state index in [4.69, 9.17) is 9.68 Å². The minimum atomic E-state index is -0.0717. The number of fused-ring (bicyclic) bond motifs is 1. The second-order valence-corrected chi connectivity index (χ2v) is 5.54. The van der Waals surface area contributed by atoms with Crippen molar-refractivity contribution < 1.29 is 4.42 Å². The molecule has 0 radical (unpaired) electrons. The van der Waals surface area contributed by atoms with Gasteiger partial charge in [0.05, 0.1) is 22.8 Å². The zero-order valence-electron chi connectivity index (χ0n) is 10.8. The summed E-state index contributed by atoms with van der Waals surface area (Å²) in [5.41, 5.74) is 2.17. The molecule has 4 heteroatoms. The standard InChI is InChI=1S/C16H11NO2S/c1-10-7-11(4-5-17)16-12(8-10)13(18)9-14(19-16)15-3-2-6-20-15/h2-3,6-9H,4H2,1H3. The summed E-state index contributed by atoms with van der Waals surface area (Å²) in [6.07, 6.45) is 0.231. The van der Waals surface area contributed by atoms with E-state index in [1.165, 1.54) is 17.4 Å². The van der Waals surface area contributed by atoms with Crippen LogP contribution in [0.1, 0.15) is 11.1 Å². The van der Waals surface area contributed by atoms with Crippen LogP contribution in [0.4, 0.5) is 0 Å². The monoisotopic (exact) mass is 281 g/mol. The highest BCUT2D eigenvalue weighted by Crippen LogP contribution is 2.28. The summed E-state index contributed by atoms with van der Waals surface area (Å²) in [4.78, 5) is 13.2. The Hall–Kier alpha value is -2.38. The number of benzene rings is 1. The molecule has 0 unspecified atom stereocenters. The molecule has 0 aliphatic rings. The SMILES string of the molecule is Cc1cc(CC#N)c2oc(-c3cccs3)cc(=O)c2c1. The van der Waals surface area contributed by atoms with Crippen molar-refractivity contribution in [2.45, 2.75) is 13.3 Å². The van der Waals surface area contributed by atoms with Gasteiger partial charge in [-0.05, 0) is 30.0 Å². The third kappa shape index (κ3) is 2.13. The van der Waals surface area contributed by atoms with Gasteiger partial charge in [0, 0.05) is 11.6 Å². The van der Waals surface area contributed by atoms with E-state index < -0.39 is 0 Å². The van der Waals surface area contributed by atoms with Crippen molar-refractivity contribution in [3.63, 3.8) is 0 Å². The lowest BCUT2D eigenvalue weighted by Crippen LogP contribution is -2.02. The summed E-state index contributed by atoms with van der Waals surface area (Å²) in [6.45, 7) is 1.91. The molecule has 3 aromatic rings. The van der Waals surface area contributed by atoms with Crippen LogP contribution in [0, 0.1) is 18.3 Å². The van der Waals surface area contributed by atoms with E-state index in [2.05, 4.69) is 6.07 Å². The van der Waals surface area contributed by atoms with Crippen molar-refractivity contribution in [2.75, 3.05) is 0 Å². The summed E-state index contributed by atoms with van der Waals surface area (Å²) >= 11 is 1.52. The van der Waals surface area contributed by atoms with Crippen LogP contribution in [0.3, 0.4) is 0 Å². The summed E-state index contributed by atoms with van der Waals surface area (Å²) in [6, 6.07) is 11.2. The average molecular weight is 281 g/mol. The minimum Gasteiger partial charge on any atom is -0.455 e. The van der Waals surface area contributed by atoms with Crippen LogP contribution in [0.2, 0.25) is 0 Å². The number of rotatable bonds is 2. The highest BCUT2D eigenvalue weighted by atomic mass is 32.1. The molecule has 1 aromatic carbocycles. The van der Waals surface area contributed by atoms with E-state index >= 15 is 0 Å². The molecule has 3 nitrogen and oxygen atoms in total. The Morgan fingerprint density at radius 2 is 2.20 bits per heavy atom. The Morgan fingerprint density at radius 3 is 2.90 bits per heavy atom. The number of aryl methyl sites for hydroxylation is 1. The van der Waals surface area contributed by atoms with Gasteiger partial charge in [0.2, 0.25) is 0 Å². The van der Waals surface area contributed by atoms with Crippen molar-refractivity contribution in [1.29, 1.82) is 5.26 Å². The van der Waals surface area contributed by atoms with Crippen LogP contribution < -0.4 is 5.43 Å². The van der Waals surface area contributed by atoms with Gasteiger partial charge in [0.1, 0.15) is 11.3 Å². The minimum absolute atomic E-state index is 0.0717. The van der Waals surface area contributed by atoms with Gasteiger partial charge in [-0.3, -0.25) is 4.79 Å². The van der Waals surface area contributed by atoms with E-state index in [-0.39, 0.29) is 11.8 Å². The molecule has 2 aromatic heterocycles. The quantitative estimate of drug-likeness (QED) is 0.716. The second kappa shape index (κ2) is 4.95. The molecule has 0 saturated carbocycles. The Balaban J connectivity index is 2.35. The van der Waals surface area contributed by atoms with E-state index in [1.807, 2.05) is 30.5 Å². The summed E-state index contributed by atoms with van der Waals surface area (Å²) < 4.78 is 5.88. The van der Waals surface area contributed by atoms with Gasteiger partial charge >= 0.3 is 0 Å². The van der Waals surface area contributed by atoms with Crippen LogP contribution in [-0.4, -0.2) is 0 Å². The Labute approximate surface area is 119 Å². The molecule has 2 heterocycles. The van der Waals surface area contributed by atoms with Crippen LogP contribution in [0.5, 0.6) is 0 Å². The highest BCUT2D eigenvalue weighted by Gasteiger charge is 2.11. The Morgan fingerprint density at radius 1 is 1.35 bits per heavy atom. The molecule has 0 spiro atoms. The molecule has 0 fully saturated rings. The molecular weight excluding hydrogens is 270 g/mol. The fourth-order valence-electron chi connectivity index (χ4n) is 2.24. The lowest BCUT2D eigenvalue weighted by atomic mass is 10.0. The molecule has 20 heavy (non-hydrogen) atoms. The molecule has 0 aliphatic carbocycles. The molecule has 0 saturated heterocycles. The number of nitriles is 1. The molecule has 0 amide bonds. The first kappa shape index (κ1) is 12.6. The number of hydrogen-bond donors (Lipinski definition) is 0. The van der Waals surface area contributed by atoms with Gasteiger partial charge in [-0.1, -0.05) is 12.1 Å². The summed E-state index contributed by atoms with van der Waals surface area (Å²) in [7, 11) is 0. The molecule has 0 bridgehead atoms. The van der Waals surface area contributed by atoms with Crippen LogP contribution in [-0.2, 0) is 6.42 Å². The number of nitrogens with zero attached hydrogens (tertiary/aromatic N) is 1. The highest BCUT2D eigenvalue weighted by molar-refractivity contribution is 7.13. The average Bonchev–Trinajstić information content (AvgIpc) is 2.94. The van der Waals surface area contributed by atoms with Gasteiger partial charge in [-0.2, -0.15) is 5.26 Å². The van der Waals surface area contributed by atoms with Crippen LogP contribution >= 0.6 is 11.3 Å². The fourth-order valence-corrected chi connectivity index (χ4v) is 2.92. The maximum atomic E-state index is 12.3.